The molecule has 0 saturated carbocycles. The van der Waals surface area contributed by atoms with Gasteiger partial charge in [0.05, 0.1) is 17.1 Å². The van der Waals surface area contributed by atoms with E-state index in [1.54, 1.807) is 0 Å². The molecule has 0 heterocycles. The molecule has 0 unspecified atom stereocenters. The van der Waals surface area contributed by atoms with Gasteiger partial charge in [-0.1, -0.05) is 109 Å². The van der Waals surface area contributed by atoms with Crippen LogP contribution in [0.3, 0.4) is 0 Å². The minimum atomic E-state index is 0.936. The first-order valence-corrected chi connectivity index (χ1v) is 16.5. The van der Waals surface area contributed by atoms with Crippen LogP contribution in [0.25, 0.3) is 11.1 Å². The van der Waals surface area contributed by atoms with E-state index in [-0.39, 0.29) is 0 Å². The zero-order valence-corrected chi connectivity index (χ0v) is 26.6. The number of benzene rings is 3. The normalized spacial score (nSPS) is 12.0. The van der Waals surface area contributed by atoms with Crippen LogP contribution in [-0.2, 0) is 25.7 Å². The van der Waals surface area contributed by atoms with Gasteiger partial charge in [-0.05, 0) is 110 Å². The third kappa shape index (κ3) is 10.7. The summed E-state index contributed by atoms with van der Waals surface area (Å²) < 4.78 is 0. The predicted molar refractivity (Wildman–Crippen MR) is 183 cm³/mol. The Labute approximate surface area is 251 Å². The van der Waals surface area contributed by atoms with E-state index >= 15 is 0 Å². The highest BCUT2D eigenvalue weighted by atomic mass is 14.8. The van der Waals surface area contributed by atoms with E-state index in [2.05, 4.69) is 95.3 Å². The maximum absolute atomic E-state index is 4.97. The summed E-state index contributed by atoms with van der Waals surface area (Å²) >= 11 is 0. The van der Waals surface area contributed by atoms with Gasteiger partial charge in [0.15, 0.2) is 0 Å². The summed E-state index contributed by atoms with van der Waals surface area (Å²) in [7, 11) is 0. The van der Waals surface area contributed by atoms with Gasteiger partial charge in [0, 0.05) is 6.21 Å². The lowest BCUT2D eigenvalue weighted by molar-refractivity contribution is 0.606. The third-order valence-corrected chi connectivity index (χ3v) is 8.06. The molecule has 0 bridgehead atoms. The van der Waals surface area contributed by atoms with Crippen LogP contribution in [0, 0.1) is 0 Å². The van der Waals surface area contributed by atoms with Crippen LogP contribution in [0.4, 0.5) is 11.4 Å². The Morgan fingerprint density at radius 1 is 0.610 bits per heavy atom. The smallest absolute Gasteiger partial charge is 0.0639 e. The Kier molecular flexibility index (Phi) is 14.6. The van der Waals surface area contributed by atoms with E-state index in [1.807, 2.05) is 6.21 Å². The fraction of sp³-hybridized carbons (Fsp3) is 0.487. The van der Waals surface area contributed by atoms with E-state index in [9.17, 15) is 0 Å². The van der Waals surface area contributed by atoms with Crippen molar-refractivity contribution in [2.24, 2.45) is 9.98 Å². The van der Waals surface area contributed by atoms with Gasteiger partial charge in [0.2, 0.25) is 0 Å². The molecule has 220 valence electrons. The number of unbranched alkanes of at least 4 members (excludes halogenated alkanes) is 7. The predicted octanol–water partition coefficient (Wildman–Crippen LogP) is 12.0. The maximum atomic E-state index is 4.97. The molecule has 0 aliphatic heterocycles. The van der Waals surface area contributed by atoms with Gasteiger partial charge in [-0.2, -0.15) is 0 Å². The molecule has 0 atom stereocenters. The lowest BCUT2D eigenvalue weighted by atomic mass is 9.91. The molecule has 0 aliphatic rings. The highest BCUT2D eigenvalue weighted by Gasteiger charge is 2.11. The number of aryl methyl sites for hydroxylation is 3. The molecule has 0 radical (unpaired) electrons. The summed E-state index contributed by atoms with van der Waals surface area (Å²) in [5, 5.41) is 0. The first kappa shape index (κ1) is 32.5. The van der Waals surface area contributed by atoms with Crippen LogP contribution in [0.1, 0.15) is 121 Å². The van der Waals surface area contributed by atoms with Crippen molar-refractivity contribution in [3.8, 4) is 11.1 Å². The molecule has 0 aliphatic carbocycles. The molecule has 3 rings (SSSR count). The number of nitrogens with zero attached hydrogens (tertiary/aromatic N) is 2. The van der Waals surface area contributed by atoms with Gasteiger partial charge in [0.1, 0.15) is 0 Å². The van der Waals surface area contributed by atoms with Crippen molar-refractivity contribution in [2.75, 3.05) is 0 Å². The van der Waals surface area contributed by atoms with Crippen molar-refractivity contribution in [3.63, 3.8) is 0 Å². The zero-order chi connectivity index (χ0) is 29.3. The summed E-state index contributed by atoms with van der Waals surface area (Å²) in [5.41, 5.74) is 11.5. The van der Waals surface area contributed by atoms with Crippen molar-refractivity contribution < 1.29 is 0 Å². The summed E-state index contributed by atoms with van der Waals surface area (Å²) in [6.45, 7) is 11.2. The zero-order valence-electron chi connectivity index (χ0n) is 26.6. The molecule has 2 heteroatoms. The van der Waals surface area contributed by atoms with Crippen molar-refractivity contribution in [1.29, 1.82) is 0 Å². The average molecular weight is 551 g/mol. The Hall–Kier alpha value is -3.00. The van der Waals surface area contributed by atoms with Gasteiger partial charge >= 0.3 is 0 Å². The fourth-order valence-electron chi connectivity index (χ4n) is 5.69. The first-order chi connectivity index (χ1) is 20.1. The largest absolute Gasteiger partial charge is 0.255 e. The monoisotopic (exact) mass is 550 g/mol. The van der Waals surface area contributed by atoms with Gasteiger partial charge in [-0.3, -0.25) is 9.98 Å². The second-order valence-electron chi connectivity index (χ2n) is 11.5. The van der Waals surface area contributed by atoms with Crippen LogP contribution in [0.5, 0.6) is 0 Å². The minimum Gasteiger partial charge on any atom is -0.255 e. The lowest BCUT2D eigenvalue weighted by Crippen LogP contribution is -1.98. The molecular formula is C39H54N2. The van der Waals surface area contributed by atoms with Gasteiger partial charge in [0.25, 0.3) is 0 Å². The molecule has 2 nitrogen and oxygen atoms in total. The fourth-order valence-corrected chi connectivity index (χ4v) is 5.69. The topological polar surface area (TPSA) is 24.7 Å². The van der Waals surface area contributed by atoms with Crippen molar-refractivity contribution in [3.05, 3.63) is 82.9 Å². The van der Waals surface area contributed by atoms with Crippen LogP contribution < -0.4 is 0 Å². The van der Waals surface area contributed by atoms with Crippen molar-refractivity contribution in [1.82, 2.24) is 0 Å². The Morgan fingerprint density at radius 3 is 1.95 bits per heavy atom. The van der Waals surface area contributed by atoms with Crippen LogP contribution in [-0.4, -0.2) is 11.9 Å². The molecule has 0 saturated heterocycles. The summed E-state index contributed by atoms with van der Waals surface area (Å²) in [6.07, 6.45) is 19.3. The van der Waals surface area contributed by atoms with Crippen LogP contribution in [0.15, 0.2) is 70.6 Å². The van der Waals surface area contributed by atoms with Gasteiger partial charge in [-0.15, -0.1) is 0 Å². The molecule has 0 N–H and O–H groups in total. The summed E-state index contributed by atoms with van der Waals surface area (Å²) in [5.74, 6) is 0. The van der Waals surface area contributed by atoms with Crippen molar-refractivity contribution >= 4 is 23.3 Å². The Bertz CT molecular complexity index is 1240. The molecule has 0 amide bonds. The number of rotatable bonds is 18. The molecule has 0 aromatic heterocycles. The van der Waals surface area contributed by atoms with Crippen LogP contribution >= 0.6 is 0 Å². The number of hydrogen-bond acceptors (Lipinski definition) is 2. The Balaban J connectivity index is 1.81. The standard InChI is InChI=1S/C39H54N2/c1-6-10-13-14-15-17-22-32-25-26-36(27-34(32)20-11-7-2)41-31(5)30-40-37-28-35(21-12-8-3)38(9-4)39(29-37)33-23-18-16-19-24-33/h16,18-19,23-30H,6-15,17,20-22H2,1-5H3. The maximum Gasteiger partial charge on any atom is 0.0639 e. The van der Waals surface area contributed by atoms with Gasteiger partial charge in [-0.25, -0.2) is 0 Å². The highest BCUT2D eigenvalue weighted by molar-refractivity contribution is 6.30. The number of aliphatic imine (C=N–C) groups is 2. The second-order valence-corrected chi connectivity index (χ2v) is 11.5. The summed E-state index contributed by atoms with van der Waals surface area (Å²) in [6, 6.07) is 22.2. The highest BCUT2D eigenvalue weighted by Crippen LogP contribution is 2.33. The van der Waals surface area contributed by atoms with E-state index in [1.165, 1.54) is 104 Å². The average Bonchev–Trinajstić information content (AvgIpc) is 3.00. The van der Waals surface area contributed by atoms with Crippen molar-refractivity contribution in [2.45, 2.75) is 125 Å². The summed E-state index contributed by atoms with van der Waals surface area (Å²) in [4.78, 5) is 9.91. The van der Waals surface area contributed by atoms with Gasteiger partial charge < -0.3 is 0 Å². The first-order valence-electron chi connectivity index (χ1n) is 16.5. The van der Waals surface area contributed by atoms with E-state index < -0.39 is 0 Å². The minimum absolute atomic E-state index is 0.936. The lowest BCUT2D eigenvalue weighted by Gasteiger charge is -2.15. The van der Waals surface area contributed by atoms with E-state index in [4.69, 9.17) is 9.98 Å². The van der Waals surface area contributed by atoms with E-state index in [0.29, 0.717) is 0 Å². The molecule has 41 heavy (non-hydrogen) atoms. The SMILES string of the molecule is CCCCCCCCc1ccc(N=C(C)C=Nc2cc(CCCC)c(CC)c(-c3ccccc3)c2)cc1CCCC. The molecule has 0 fully saturated rings. The molecule has 0 spiro atoms. The number of hydrogen-bond donors (Lipinski definition) is 0. The molecular weight excluding hydrogens is 496 g/mol. The molecule has 3 aromatic rings. The quantitative estimate of drug-likeness (QED) is 0.111. The van der Waals surface area contributed by atoms with Crippen LogP contribution in [0.2, 0.25) is 0 Å². The third-order valence-electron chi connectivity index (χ3n) is 8.06. The molecule has 3 aromatic carbocycles. The second kappa shape index (κ2) is 18.4. The van der Waals surface area contributed by atoms with E-state index in [0.717, 1.165) is 36.3 Å². The Morgan fingerprint density at radius 2 is 1.24 bits per heavy atom.